The zero-order valence-electron chi connectivity index (χ0n) is 11.1. The molecule has 0 radical (unpaired) electrons. The van der Waals surface area contributed by atoms with E-state index in [9.17, 15) is 4.39 Å². The molecule has 0 saturated carbocycles. The first-order chi connectivity index (χ1) is 9.81. The Hall–Kier alpha value is -2.03. The van der Waals surface area contributed by atoms with Gasteiger partial charge in [-0.05, 0) is 36.1 Å². The van der Waals surface area contributed by atoms with Crippen molar-refractivity contribution in [2.75, 3.05) is 6.61 Å². The Morgan fingerprint density at radius 2 is 2.05 bits per heavy atom. The van der Waals surface area contributed by atoms with E-state index in [1.54, 1.807) is 6.07 Å². The number of benzene rings is 2. The summed E-state index contributed by atoms with van der Waals surface area (Å²) in [6.45, 7) is 0.736. The van der Waals surface area contributed by atoms with E-state index in [2.05, 4.69) is 0 Å². The van der Waals surface area contributed by atoms with Gasteiger partial charge in [-0.1, -0.05) is 18.2 Å². The van der Waals surface area contributed by atoms with E-state index in [4.69, 9.17) is 9.47 Å². The van der Waals surface area contributed by atoms with Crippen LogP contribution in [0.1, 0.15) is 29.2 Å². The van der Waals surface area contributed by atoms with Crippen molar-refractivity contribution in [3.8, 4) is 11.5 Å². The van der Waals surface area contributed by atoms with Crippen LogP contribution in [0, 0.1) is 5.82 Å². The number of hydrogen-bond acceptors (Lipinski definition) is 2. The van der Waals surface area contributed by atoms with Gasteiger partial charge in [0, 0.05) is 18.1 Å². The van der Waals surface area contributed by atoms with Crippen molar-refractivity contribution in [1.29, 1.82) is 0 Å². The molecule has 1 atom stereocenters. The molecule has 2 nitrogen and oxygen atoms in total. The average molecular weight is 270 g/mol. The minimum absolute atomic E-state index is 0.164. The van der Waals surface area contributed by atoms with Crippen LogP contribution in [0.25, 0.3) is 0 Å². The standard InChI is InChI=1S/C17H15FO2/c18-14-3-1-2-12-5-7-15(17(12)14)20-13-6-4-11-8-9-19-16(11)10-13/h1-4,6,10,15H,5,7-9H2/t15-/m1/s1. The minimum Gasteiger partial charge on any atom is -0.493 e. The highest BCUT2D eigenvalue weighted by Crippen LogP contribution is 2.38. The highest BCUT2D eigenvalue weighted by Gasteiger charge is 2.27. The highest BCUT2D eigenvalue weighted by molar-refractivity contribution is 5.43. The predicted octanol–water partition coefficient (Wildman–Crippen LogP) is 3.83. The van der Waals surface area contributed by atoms with Crippen LogP contribution < -0.4 is 9.47 Å². The fourth-order valence-corrected chi connectivity index (χ4v) is 3.09. The van der Waals surface area contributed by atoms with Gasteiger partial charge in [-0.25, -0.2) is 4.39 Å². The molecule has 0 saturated heterocycles. The molecule has 2 aromatic carbocycles. The van der Waals surface area contributed by atoms with Crippen LogP contribution in [0.2, 0.25) is 0 Å². The molecular formula is C17H15FO2. The van der Waals surface area contributed by atoms with E-state index in [1.807, 2.05) is 24.3 Å². The summed E-state index contributed by atoms with van der Waals surface area (Å²) in [6.07, 6.45) is 2.47. The Labute approximate surface area is 117 Å². The topological polar surface area (TPSA) is 18.5 Å². The Balaban J connectivity index is 1.62. The molecule has 1 heterocycles. The molecule has 1 aliphatic heterocycles. The fourth-order valence-electron chi connectivity index (χ4n) is 3.09. The van der Waals surface area contributed by atoms with E-state index in [0.29, 0.717) is 5.56 Å². The van der Waals surface area contributed by atoms with Gasteiger partial charge in [0.2, 0.25) is 0 Å². The van der Waals surface area contributed by atoms with Gasteiger partial charge in [0.1, 0.15) is 23.4 Å². The maximum absolute atomic E-state index is 14.0. The first-order valence-corrected chi connectivity index (χ1v) is 7.01. The van der Waals surface area contributed by atoms with Crippen LogP contribution in [0.5, 0.6) is 11.5 Å². The van der Waals surface area contributed by atoms with E-state index in [-0.39, 0.29) is 11.9 Å². The SMILES string of the molecule is Fc1cccc2c1[C@H](Oc1ccc3c(c1)OCC3)CC2. The number of aryl methyl sites for hydroxylation is 1. The van der Waals surface area contributed by atoms with Crippen LogP contribution >= 0.6 is 0 Å². The van der Waals surface area contributed by atoms with Gasteiger partial charge in [0.05, 0.1) is 6.61 Å². The smallest absolute Gasteiger partial charge is 0.130 e. The number of hydrogen-bond donors (Lipinski definition) is 0. The Kier molecular flexibility index (Phi) is 2.66. The largest absolute Gasteiger partial charge is 0.493 e. The van der Waals surface area contributed by atoms with E-state index in [0.717, 1.165) is 42.9 Å². The molecule has 0 aromatic heterocycles. The van der Waals surface area contributed by atoms with Crippen molar-refractivity contribution in [2.24, 2.45) is 0 Å². The zero-order chi connectivity index (χ0) is 13.5. The lowest BCUT2D eigenvalue weighted by atomic mass is 10.1. The van der Waals surface area contributed by atoms with Gasteiger partial charge >= 0.3 is 0 Å². The van der Waals surface area contributed by atoms with Crippen LogP contribution in [-0.2, 0) is 12.8 Å². The van der Waals surface area contributed by atoms with Crippen molar-refractivity contribution in [3.63, 3.8) is 0 Å². The van der Waals surface area contributed by atoms with Gasteiger partial charge in [0.15, 0.2) is 0 Å². The predicted molar refractivity (Wildman–Crippen MR) is 73.7 cm³/mol. The molecule has 2 aromatic rings. The summed E-state index contributed by atoms with van der Waals surface area (Å²) in [5.41, 5.74) is 3.00. The second-order valence-electron chi connectivity index (χ2n) is 5.33. The first-order valence-electron chi connectivity index (χ1n) is 7.01. The summed E-state index contributed by atoms with van der Waals surface area (Å²) in [5.74, 6) is 1.49. The molecule has 0 amide bonds. The minimum atomic E-state index is -0.189. The van der Waals surface area contributed by atoms with Crippen molar-refractivity contribution < 1.29 is 13.9 Å². The summed E-state index contributed by atoms with van der Waals surface area (Å²) in [4.78, 5) is 0. The number of fused-ring (bicyclic) bond motifs is 2. The maximum atomic E-state index is 14.0. The summed E-state index contributed by atoms with van der Waals surface area (Å²) in [5, 5.41) is 0. The summed E-state index contributed by atoms with van der Waals surface area (Å²) in [7, 11) is 0. The van der Waals surface area contributed by atoms with Crippen molar-refractivity contribution in [1.82, 2.24) is 0 Å². The summed E-state index contributed by atoms with van der Waals surface area (Å²) >= 11 is 0. The number of halogens is 1. The number of ether oxygens (including phenoxy) is 2. The normalized spacial score (nSPS) is 19.4. The molecule has 0 bridgehead atoms. The summed E-state index contributed by atoms with van der Waals surface area (Å²) < 4.78 is 25.5. The molecular weight excluding hydrogens is 255 g/mol. The Morgan fingerprint density at radius 3 is 3.00 bits per heavy atom. The third kappa shape index (κ3) is 1.85. The first kappa shape index (κ1) is 11.8. The molecule has 20 heavy (non-hydrogen) atoms. The lowest BCUT2D eigenvalue weighted by molar-refractivity contribution is 0.202. The lowest BCUT2D eigenvalue weighted by Crippen LogP contribution is -2.05. The Morgan fingerprint density at radius 1 is 1.10 bits per heavy atom. The van der Waals surface area contributed by atoms with Gasteiger partial charge < -0.3 is 9.47 Å². The maximum Gasteiger partial charge on any atom is 0.130 e. The quantitative estimate of drug-likeness (QED) is 0.825. The van der Waals surface area contributed by atoms with E-state index >= 15 is 0 Å². The van der Waals surface area contributed by atoms with Crippen LogP contribution in [0.4, 0.5) is 4.39 Å². The molecule has 0 unspecified atom stereocenters. The van der Waals surface area contributed by atoms with Crippen LogP contribution in [0.15, 0.2) is 36.4 Å². The van der Waals surface area contributed by atoms with Gasteiger partial charge in [-0.15, -0.1) is 0 Å². The molecule has 102 valence electrons. The van der Waals surface area contributed by atoms with E-state index < -0.39 is 0 Å². The molecule has 0 fully saturated rings. The van der Waals surface area contributed by atoms with Gasteiger partial charge in [0.25, 0.3) is 0 Å². The average Bonchev–Trinajstić information content (AvgIpc) is 3.06. The lowest BCUT2D eigenvalue weighted by Gasteiger charge is -2.16. The van der Waals surface area contributed by atoms with Crippen molar-refractivity contribution in [2.45, 2.75) is 25.4 Å². The molecule has 0 spiro atoms. The zero-order valence-corrected chi connectivity index (χ0v) is 11.1. The third-order valence-electron chi connectivity index (χ3n) is 4.09. The van der Waals surface area contributed by atoms with E-state index in [1.165, 1.54) is 11.6 Å². The van der Waals surface area contributed by atoms with Crippen LogP contribution in [-0.4, -0.2) is 6.61 Å². The monoisotopic (exact) mass is 270 g/mol. The van der Waals surface area contributed by atoms with Crippen molar-refractivity contribution >= 4 is 0 Å². The molecule has 2 aliphatic rings. The second kappa shape index (κ2) is 4.51. The number of rotatable bonds is 2. The van der Waals surface area contributed by atoms with Gasteiger partial charge in [-0.2, -0.15) is 0 Å². The van der Waals surface area contributed by atoms with Crippen LogP contribution in [0.3, 0.4) is 0 Å². The molecule has 1 aliphatic carbocycles. The molecule has 4 rings (SSSR count). The van der Waals surface area contributed by atoms with Crippen molar-refractivity contribution in [3.05, 3.63) is 58.9 Å². The highest BCUT2D eigenvalue weighted by atomic mass is 19.1. The second-order valence-corrected chi connectivity index (χ2v) is 5.33. The fraction of sp³-hybridized carbons (Fsp3) is 0.294. The molecule has 3 heteroatoms. The molecule has 0 N–H and O–H groups in total. The Bertz CT molecular complexity index is 666. The van der Waals surface area contributed by atoms with Gasteiger partial charge in [-0.3, -0.25) is 0 Å². The third-order valence-corrected chi connectivity index (χ3v) is 4.09. The summed E-state index contributed by atoms with van der Waals surface area (Å²) in [6, 6.07) is 11.2.